The lowest BCUT2D eigenvalue weighted by molar-refractivity contribution is -0.123. The smallest absolute Gasteiger partial charge is 0.227 e. The van der Waals surface area contributed by atoms with Crippen LogP contribution in [0.5, 0.6) is 0 Å². The van der Waals surface area contributed by atoms with Crippen LogP contribution in [0.4, 0.5) is 0 Å². The van der Waals surface area contributed by atoms with E-state index in [1.54, 1.807) is 0 Å². The van der Waals surface area contributed by atoms with Crippen molar-refractivity contribution in [3.8, 4) is 0 Å². The summed E-state index contributed by atoms with van der Waals surface area (Å²) >= 11 is 0. The van der Waals surface area contributed by atoms with Gasteiger partial charge in [-0.25, -0.2) is 0 Å². The van der Waals surface area contributed by atoms with Gasteiger partial charge in [0.1, 0.15) is 0 Å². The van der Waals surface area contributed by atoms with Gasteiger partial charge in [-0.05, 0) is 18.8 Å². The Hall–Kier alpha value is -0.830. The third-order valence-corrected chi connectivity index (χ3v) is 2.89. The lowest BCUT2D eigenvalue weighted by Gasteiger charge is -2.09. The minimum Gasteiger partial charge on any atom is -0.353 e. The van der Waals surface area contributed by atoms with E-state index in [1.165, 1.54) is 0 Å². The van der Waals surface area contributed by atoms with Crippen LogP contribution in [-0.2, 0) is 4.79 Å². The van der Waals surface area contributed by atoms with Gasteiger partial charge in [-0.15, -0.1) is 0 Å². The summed E-state index contributed by atoms with van der Waals surface area (Å²) in [7, 11) is 0. The Kier molecular flexibility index (Phi) is 2.12. The van der Waals surface area contributed by atoms with Gasteiger partial charge in [0.25, 0.3) is 0 Å². The van der Waals surface area contributed by atoms with Gasteiger partial charge in [-0.1, -0.05) is 19.1 Å². The number of amides is 1. The van der Waals surface area contributed by atoms with Crippen LogP contribution in [0.3, 0.4) is 0 Å². The zero-order valence-electron chi connectivity index (χ0n) is 7.86. The van der Waals surface area contributed by atoms with E-state index in [0.29, 0.717) is 12.0 Å². The van der Waals surface area contributed by atoms with Crippen molar-refractivity contribution in [3.05, 3.63) is 12.2 Å². The van der Waals surface area contributed by atoms with E-state index in [2.05, 4.69) is 12.2 Å². The number of nitrogens with two attached hydrogens (primary N) is 1. The SMILES string of the molecule is CC1CC1NC(=O)C1C=CC(N)C1. The van der Waals surface area contributed by atoms with Crippen molar-refractivity contribution in [2.24, 2.45) is 17.6 Å². The first-order chi connectivity index (χ1) is 6.16. The maximum absolute atomic E-state index is 11.6. The van der Waals surface area contributed by atoms with E-state index in [9.17, 15) is 4.79 Å². The zero-order valence-corrected chi connectivity index (χ0v) is 7.86. The predicted molar refractivity (Wildman–Crippen MR) is 50.9 cm³/mol. The van der Waals surface area contributed by atoms with Crippen LogP contribution in [-0.4, -0.2) is 18.0 Å². The molecule has 3 heteroatoms. The molecule has 2 aliphatic rings. The second-order valence-electron chi connectivity index (χ2n) is 4.22. The molecular weight excluding hydrogens is 164 g/mol. The molecule has 0 spiro atoms. The number of carbonyl (C=O) groups is 1. The molecule has 0 radical (unpaired) electrons. The normalized spacial score (nSPS) is 42.0. The summed E-state index contributed by atoms with van der Waals surface area (Å²) in [6.07, 6.45) is 5.74. The Balaban J connectivity index is 1.81. The standard InChI is InChI=1S/C10H16N2O/c1-6-4-9(6)12-10(13)7-2-3-8(11)5-7/h2-3,6-9H,4-5,11H2,1H3,(H,12,13). The highest BCUT2D eigenvalue weighted by molar-refractivity contribution is 5.81. The Bertz CT molecular complexity index is 249. The van der Waals surface area contributed by atoms with Crippen molar-refractivity contribution < 1.29 is 4.79 Å². The topological polar surface area (TPSA) is 55.1 Å². The number of nitrogens with one attached hydrogen (secondary N) is 1. The van der Waals surface area contributed by atoms with E-state index in [-0.39, 0.29) is 17.9 Å². The highest BCUT2D eigenvalue weighted by Gasteiger charge is 2.35. The third kappa shape index (κ3) is 1.91. The molecule has 1 saturated carbocycles. The second kappa shape index (κ2) is 3.14. The molecule has 1 fully saturated rings. The lowest BCUT2D eigenvalue weighted by Crippen LogP contribution is -2.32. The molecule has 1 amide bonds. The summed E-state index contributed by atoms with van der Waals surface area (Å²) in [5.41, 5.74) is 5.67. The number of rotatable bonds is 2. The summed E-state index contributed by atoms with van der Waals surface area (Å²) in [6.45, 7) is 2.15. The summed E-state index contributed by atoms with van der Waals surface area (Å²) in [4.78, 5) is 11.6. The number of carbonyl (C=O) groups excluding carboxylic acids is 1. The number of hydrogen-bond donors (Lipinski definition) is 2. The van der Waals surface area contributed by atoms with Gasteiger partial charge in [0.2, 0.25) is 5.91 Å². The van der Waals surface area contributed by atoms with Crippen molar-refractivity contribution in [1.29, 1.82) is 0 Å². The van der Waals surface area contributed by atoms with E-state index < -0.39 is 0 Å². The van der Waals surface area contributed by atoms with Crippen LogP contribution in [0.25, 0.3) is 0 Å². The van der Waals surface area contributed by atoms with Gasteiger partial charge in [0, 0.05) is 12.1 Å². The second-order valence-corrected chi connectivity index (χ2v) is 4.22. The molecule has 0 aromatic heterocycles. The Morgan fingerprint density at radius 2 is 2.15 bits per heavy atom. The monoisotopic (exact) mass is 180 g/mol. The van der Waals surface area contributed by atoms with Crippen molar-refractivity contribution >= 4 is 5.91 Å². The highest BCUT2D eigenvalue weighted by Crippen LogP contribution is 2.29. The van der Waals surface area contributed by atoms with Crippen LogP contribution in [0.2, 0.25) is 0 Å². The maximum atomic E-state index is 11.6. The molecule has 0 heterocycles. The van der Waals surface area contributed by atoms with Crippen LogP contribution in [0.1, 0.15) is 19.8 Å². The van der Waals surface area contributed by atoms with E-state index >= 15 is 0 Å². The van der Waals surface area contributed by atoms with Crippen molar-refractivity contribution in [2.45, 2.75) is 31.8 Å². The van der Waals surface area contributed by atoms with Gasteiger partial charge < -0.3 is 11.1 Å². The third-order valence-electron chi connectivity index (χ3n) is 2.89. The highest BCUT2D eigenvalue weighted by atomic mass is 16.2. The van der Waals surface area contributed by atoms with Crippen molar-refractivity contribution in [2.75, 3.05) is 0 Å². The first-order valence-corrected chi connectivity index (χ1v) is 4.91. The van der Waals surface area contributed by atoms with Gasteiger partial charge >= 0.3 is 0 Å². The Morgan fingerprint density at radius 3 is 2.62 bits per heavy atom. The van der Waals surface area contributed by atoms with Gasteiger partial charge in [0.15, 0.2) is 0 Å². The molecule has 0 aliphatic heterocycles. The minimum atomic E-state index is 0.0165. The maximum Gasteiger partial charge on any atom is 0.227 e. The quantitative estimate of drug-likeness (QED) is 0.605. The van der Waals surface area contributed by atoms with Gasteiger partial charge in [0.05, 0.1) is 5.92 Å². The van der Waals surface area contributed by atoms with Crippen molar-refractivity contribution in [1.82, 2.24) is 5.32 Å². The molecule has 0 bridgehead atoms. The molecule has 0 saturated heterocycles. The summed E-state index contributed by atoms with van der Waals surface area (Å²) in [5.74, 6) is 0.837. The first-order valence-electron chi connectivity index (χ1n) is 4.91. The Labute approximate surface area is 78.4 Å². The molecular formula is C10H16N2O. The molecule has 2 aliphatic carbocycles. The predicted octanol–water partition coefficient (Wildman–Crippen LogP) is 0.414. The average molecular weight is 180 g/mol. The largest absolute Gasteiger partial charge is 0.353 e. The van der Waals surface area contributed by atoms with Crippen molar-refractivity contribution in [3.63, 3.8) is 0 Å². The Morgan fingerprint density at radius 1 is 1.46 bits per heavy atom. The van der Waals surface area contributed by atoms with Crippen LogP contribution >= 0.6 is 0 Å². The molecule has 13 heavy (non-hydrogen) atoms. The molecule has 2 rings (SSSR count). The summed E-state index contributed by atoms with van der Waals surface area (Å²) in [6, 6.07) is 0.505. The van der Waals surface area contributed by atoms with Gasteiger partial charge in [-0.3, -0.25) is 4.79 Å². The van der Waals surface area contributed by atoms with Gasteiger partial charge in [-0.2, -0.15) is 0 Å². The van der Waals surface area contributed by atoms with Crippen LogP contribution < -0.4 is 11.1 Å². The van der Waals surface area contributed by atoms with E-state index in [0.717, 1.165) is 12.8 Å². The average Bonchev–Trinajstić information content (AvgIpc) is 2.62. The molecule has 4 atom stereocenters. The zero-order chi connectivity index (χ0) is 9.42. The fraction of sp³-hybridized carbons (Fsp3) is 0.700. The first kappa shape index (κ1) is 8.75. The molecule has 3 nitrogen and oxygen atoms in total. The lowest BCUT2D eigenvalue weighted by atomic mass is 10.1. The molecule has 4 unspecified atom stereocenters. The molecule has 3 N–H and O–H groups in total. The minimum absolute atomic E-state index is 0.0165. The number of hydrogen-bond acceptors (Lipinski definition) is 2. The summed E-state index contributed by atoms with van der Waals surface area (Å²) < 4.78 is 0. The molecule has 0 aromatic rings. The van der Waals surface area contributed by atoms with Crippen LogP contribution in [0.15, 0.2) is 12.2 Å². The fourth-order valence-electron chi connectivity index (χ4n) is 1.73. The van der Waals surface area contributed by atoms with E-state index in [4.69, 9.17) is 5.73 Å². The fourth-order valence-corrected chi connectivity index (χ4v) is 1.73. The van der Waals surface area contributed by atoms with E-state index in [1.807, 2.05) is 12.2 Å². The summed E-state index contributed by atoms with van der Waals surface area (Å²) in [5, 5.41) is 3.02. The molecule has 0 aromatic carbocycles. The molecule has 72 valence electrons. The van der Waals surface area contributed by atoms with Crippen LogP contribution in [0, 0.1) is 11.8 Å².